The predicted molar refractivity (Wildman–Crippen MR) is 106 cm³/mol. The molecule has 0 unspecified atom stereocenters. The molecule has 142 valence electrons. The van der Waals surface area contributed by atoms with Crippen LogP contribution in [0.25, 0.3) is 10.9 Å². The summed E-state index contributed by atoms with van der Waals surface area (Å²) < 4.78 is 29.3. The highest BCUT2D eigenvalue weighted by Gasteiger charge is 2.17. The smallest absolute Gasteiger partial charge is 0.254 e. The van der Waals surface area contributed by atoms with Crippen molar-refractivity contribution in [3.8, 4) is 5.75 Å². The maximum atomic E-state index is 12.4. The van der Waals surface area contributed by atoms with E-state index in [1.54, 1.807) is 25.4 Å². The molecule has 8 nitrogen and oxygen atoms in total. The molecule has 3 rings (SSSR count). The molecule has 0 fully saturated rings. The molecule has 2 heterocycles. The predicted octanol–water partition coefficient (Wildman–Crippen LogP) is 2.10. The molecule has 0 saturated heterocycles. The molecule has 0 aliphatic heterocycles. The van der Waals surface area contributed by atoms with E-state index in [0.29, 0.717) is 18.0 Å². The molecular weight excluding hydrogens is 344 g/mol. The number of carbonyl (C=O) groups excluding carboxylic acids is 1. The number of hydrogen-bond donors (Lipinski definition) is 2. The molecule has 0 spiro atoms. The summed E-state index contributed by atoms with van der Waals surface area (Å²) >= 11 is 0. The zero-order chi connectivity index (χ0) is 21.9. The van der Waals surface area contributed by atoms with Crippen LogP contribution in [-0.2, 0) is 6.54 Å². The van der Waals surface area contributed by atoms with Crippen molar-refractivity contribution in [2.45, 2.75) is 6.54 Å². The number of ether oxygens (including phenoxy) is 1. The zero-order valence-electron chi connectivity index (χ0n) is 18.5. The van der Waals surface area contributed by atoms with Crippen LogP contribution in [-0.4, -0.2) is 60.3 Å². The van der Waals surface area contributed by atoms with Crippen molar-refractivity contribution in [2.24, 2.45) is 0 Å². The third-order valence-electron chi connectivity index (χ3n) is 4.14. The summed E-state index contributed by atoms with van der Waals surface area (Å²) in [5.74, 6) is 0.0227. The molecule has 2 N–H and O–H groups in total. The van der Waals surface area contributed by atoms with E-state index in [-0.39, 0.29) is 11.4 Å². The van der Waals surface area contributed by atoms with Gasteiger partial charge in [0.2, 0.25) is 0 Å². The van der Waals surface area contributed by atoms with Crippen LogP contribution in [0.4, 0.5) is 11.5 Å². The van der Waals surface area contributed by atoms with Gasteiger partial charge in [0.15, 0.2) is 5.75 Å². The van der Waals surface area contributed by atoms with Gasteiger partial charge in [-0.25, -0.2) is 4.98 Å². The van der Waals surface area contributed by atoms with Gasteiger partial charge in [-0.05, 0) is 38.4 Å². The Morgan fingerprint density at radius 3 is 2.96 bits per heavy atom. The number of nitrogens with zero attached hydrogens (tertiary/aromatic N) is 4. The minimum atomic E-state index is -2.60. The summed E-state index contributed by atoms with van der Waals surface area (Å²) in [6.45, 7) is -1.12. The molecule has 0 aliphatic carbocycles. The number of methoxy groups -OCH3 is 1. The Kier molecular flexibility index (Phi) is 4.46. The minimum absolute atomic E-state index is 0.108. The van der Waals surface area contributed by atoms with Crippen molar-refractivity contribution in [3.63, 3.8) is 0 Å². The van der Waals surface area contributed by atoms with Crippen molar-refractivity contribution in [3.05, 3.63) is 42.2 Å². The highest BCUT2D eigenvalue weighted by atomic mass is 16.5. The van der Waals surface area contributed by atoms with Crippen LogP contribution in [0.15, 0.2) is 36.7 Å². The Bertz CT molecular complexity index is 1050. The number of fused-ring (bicyclic) bond motifs is 1. The Balaban J connectivity index is 1.99. The molecule has 0 aliphatic rings. The summed E-state index contributed by atoms with van der Waals surface area (Å²) in [6, 6.07) is 6.77. The summed E-state index contributed by atoms with van der Waals surface area (Å²) in [4.78, 5) is 18.7. The van der Waals surface area contributed by atoms with E-state index in [9.17, 15) is 4.79 Å². The quantitative estimate of drug-likeness (QED) is 0.662. The van der Waals surface area contributed by atoms with E-state index in [4.69, 9.17) is 8.85 Å². The molecule has 0 saturated carbocycles. The SMILES string of the molecule is [2H]C([2H])([2H])NC(=O)c1cccnc1Nc1ccc2cnn(CCN(C)C)c2c1OC. The van der Waals surface area contributed by atoms with E-state index < -0.39 is 12.9 Å². The van der Waals surface area contributed by atoms with E-state index >= 15 is 0 Å². The van der Waals surface area contributed by atoms with Crippen molar-refractivity contribution in [2.75, 3.05) is 40.0 Å². The van der Waals surface area contributed by atoms with E-state index in [0.717, 1.165) is 17.4 Å². The van der Waals surface area contributed by atoms with Gasteiger partial charge in [0.25, 0.3) is 5.91 Å². The number of hydrogen-bond acceptors (Lipinski definition) is 6. The summed E-state index contributed by atoms with van der Waals surface area (Å²) in [6.07, 6.45) is 3.29. The Morgan fingerprint density at radius 1 is 1.37 bits per heavy atom. The molecule has 0 radical (unpaired) electrons. The number of aromatic nitrogens is 3. The normalized spacial score (nSPS) is 13.1. The largest absolute Gasteiger partial charge is 0.492 e. The highest BCUT2D eigenvalue weighted by Crippen LogP contribution is 2.35. The van der Waals surface area contributed by atoms with Crippen LogP contribution in [0.5, 0.6) is 5.75 Å². The van der Waals surface area contributed by atoms with Crippen LogP contribution in [0.3, 0.4) is 0 Å². The molecule has 0 bridgehead atoms. The standard InChI is InChI=1S/C19H24N6O2/c1-20-19(26)14-6-5-9-21-18(14)23-15-8-7-13-12-22-25(11-10-24(2)3)16(13)17(15)27-4/h5-9,12H,10-11H2,1-4H3,(H,20,26)(H,21,23)/i1D3. The second-order valence-electron chi connectivity index (χ2n) is 6.23. The number of benzene rings is 1. The van der Waals surface area contributed by atoms with Crippen molar-refractivity contribution in [1.82, 2.24) is 25.0 Å². The zero-order valence-corrected chi connectivity index (χ0v) is 15.5. The molecule has 1 amide bonds. The molecular formula is C19H24N6O2. The van der Waals surface area contributed by atoms with Crippen LogP contribution < -0.4 is 15.4 Å². The van der Waals surface area contributed by atoms with Gasteiger partial charge in [0.1, 0.15) is 11.3 Å². The average Bonchev–Trinajstić information content (AvgIpc) is 3.08. The van der Waals surface area contributed by atoms with Gasteiger partial charge in [0.05, 0.1) is 31.1 Å². The van der Waals surface area contributed by atoms with Gasteiger partial charge >= 0.3 is 0 Å². The van der Waals surface area contributed by atoms with Crippen LogP contribution in [0.2, 0.25) is 0 Å². The maximum Gasteiger partial charge on any atom is 0.254 e. The number of nitrogens with one attached hydrogen (secondary N) is 2. The monoisotopic (exact) mass is 371 g/mol. The second-order valence-corrected chi connectivity index (χ2v) is 6.23. The summed E-state index contributed by atoms with van der Waals surface area (Å²) in [5, 5.41) is 10.4. The lowest BCUT2D eigenvalue weighted by atomic mass is 10.2. The van der Waals surface area contributed by atoms with Crippen molar-refractivity contribution >= 4 is 28.3 Å². The van der Waals surface area contributed by atoms with Crippen LogP contribution in [0.1, 0.15) is 14.5 Å². The van der Waals surface area contributed by atoms with E-state index in [1.807, 2.05) is 30.2 Å². The Labute approximate surface area is 162 Å². The van der Waals surface area contributed by atoms with Crippen molar-refractivity contribution in [1.29, 1.82) is 0 Å². The molecule has 8 heteroatoms. The topological polar surface area (TPSA) is 84.3 Å². The number of likely N-dealkylation sites (N-methyl/N-ethyl adjacent to an activating group) is 1. The summed E-state index contributed by atoms with van der Waals surface area (Å²) in [5.41, 5.74) is 1.50. The molecule has 1 aromatic carbocycles. The van der Waals surface area contributed by atoms with Gasteiger partial charge in [-0.3, -0.25) is 9.48 Å². The first-order chi connectivity index (χ1) is 14.2. The first-order valence-electron chi connectivity index (χ1n) is 9.91. The Hall–Kier alpha value is -3.13. The lowest BCUT2D eigenvalue weighted by Gasteiger charge is -2.16. The third-order valence-corrected chi connectivity index (χ3v) is 4.14. The van der Waals surface area contributed by atoms with Gasteiger partial charge in [0, 0.05) is 29.2 Å². The highest BCUT2D eigenvalue weighted by molar-refractivity contribution is 6.00. The third kappa shape index (κ3) is 3.85. The van der Waals surface area contributed by atoms with Crippen molar-refractivity contribution < 1.29 is 13.6 Å². The number of carbonyl (C=O) groups is 1. The molecule has 0 atom stereocenters. The van der Waals surface area contributed by atoms with Gasteiger partial charge in [-0.15, -0.1) is 0 Å². The number of amides is 1. The minimum Gasteiger partial charge on any atom is -0.492 e. The first-order valence-corrected chi connectivity index (χ1v) is 8.41. The van der Waals surface area contributed by atoms with Gasteiger partial charge in [-0.1, -0.05) is 0 Å². The average molecular weight is 371 g/mol. The lowest BCUT2D eigenvalue weighted by molar-refractivity contribution is 0.0963. The van der Waals surface area contributed by atoms with Crippen LogP contribution >= 0.6 is 0 Å². The van der Waals surface area contributed by atoms with E-state index in [2.05, 4.69) is 20.3 Å². The first kappa shape index (κ1) is 15.0. The number of pyridine rings is 1. The molecule has 2 aromatic heterocycles. The second kappa shape index (κ2) is 8.05. The molecule has 27 heavy (non-hydrogen) atoms. The van der Waals surface area contributed by atoms with Gasteiger partial charge in [-0.2, -0.15) is 5.10 Å². The number of anilines is 2. The fraction of sp³-hybridized carbons (Fsp3) is 0.316. The van der Waals surface area contributed by atoms with E-state index in [1.165, 1.54) is 12.3 Å². The van der Waals surface area contributed by atoms with Gasteiger partial charge < -0.3 is 20.3 Å². The fourth-order valence-electron chi connectivity index (χ4n) is 2.80. The Morgan fingerprint density at radius 2 is 2.22 bits per heavy atom. The molecule has 3 aromatic rings. The number of rotatable bonds is 7. The fourth-order valence-corrected chi connectivity index (χ4v) is 2.80. The maximum absolute atomic E-state index is 12.4. The van der Waals surface area contributed by atoms with Crippen LogP contribution in [0, 0.1) is 0 Å². The lowest BCUT2D eigenvalue weighted by Crippen LogP contribution is -2.20. The summed E-state index contributed by atoms with van der Waals surface area (Å²) in [7, 11) is 5.54.